The normalized spacial score (nSPS) is 20.0. The SMILES string of the molecule is COc1cc(CN2CC[C@H](O)[C@@H](C(=O)O)C2)ccc1OCc1ccccc1F. The Labute approximate surface area is 163 Å². The molecule has 1 aliphatic heterocycles. The van der Waals surface area contributed by atoms with Crippen molar-refractivity contribution < 1.29 is 28.9 Å². The third-order valence-electron chi connectivity index (χ3n) is 4.95. The highest BCUT2D eigenvalue weighted by atomic mass is 19.1. The Kier molecular flexibility index (Phi) is 6.49. The van der Waals surface area contributed by atoms with E-state index >= 15 is 0 Å². The number of aliphatic hydroxyl groups is 1. The number of ether oxygens (including phenoxy) is 2. The summed E-state index contributed by atoms with van der Waals surface area (Å²) >= 11 is 0. The van der Waals surface area contributed by atoms with Gasteiger partial charge in [0.1, 0.15) is 12.4 Å². The predicted octanol–water partition coefficient (Wildman–Crippen LogP) is 2.68. The molecule has 3 rings (SSSR count). The molecule has 6 nitrogen and oxygen atoms in total. The van der Waals surface area contributed by atoms with Gasteiger partial charge < -0.3 is 19.7 Å². The minimum Gasteiger partial charge on any atom is -0.493 e. The Morgan fingerprint density at radius 2 is 2.04 bits per heavy atom. The lowest BCUT2D eigenvalue weighted by molar-refractivity contribution is -0.149. The van der Waals surface area contributed by atoms with E-state index in [-0.39, 0.29) is 12.4 Å². The molecule has 1 heterocycles. The molecule has 0 saturated carbocycles. The van der Waals surface area contributed by atoms with Crippen LogP contribution in [0.4, 0.5) is 4.39 Å². The van der Waals surface area contributed by atoms with E-state index in [0.29, 0.717) is 43.1 Å². The van der Waals surface area contributed by atoms with Gasteiger partial charge in [-0.05, 0) is 30.2 Å². The summed E-state index contributed by atoms with van der Waals surface area (Å²) in [7, 11) is 1.53. The van der Waals surface area contributed by atoms with Crippen molar-refractivity contribution in [1.82, 2.24) is 4.90 Å². The number of aliphatic hydroxyl groups excluding tert-OH is 1. The molecule has 0 unspecified atom stereocenters. The number of rotatable bonds is 7. The lowest BCUT2D eigenvalue weighted by Gasteiger charge is -2.34. The van der Waals surface area contributed by atoms with Crippen molar-refractivity contribution in [2.45, 2.75) is 25.7 Å². The van der Waals surface area contributed by atoms with Crippen LogP contribution >= 0.6 is 0 Å². The third-order valence-corrected chi connectivity index (χ3v) is 4.95. The summed E-state index contributed by atoms with van der Waals surface area (Å²) in [6, 6.07) is 11.9. The van der Waals surface area contributed by atoms with E-state index in [2.05, 4.69) is 0 Å². The number of likely N-dealkylation sites (tertiary alicyclic amines) is 1. The van der Waals surface area contributed by atoms with Crippen molar-refractivity contribution in [3.8, 4) is 11.5 Å². The van der Waals surface area contributed by atoms with Crippen LogP contribution in [0.25, 0.3) is 0 Å². The van der Waals surface area contributed by atoms with Crippen LogP contribution in [0.2, 0.25) is 0 Å². The van der Waals surface area contributed by atoms with Crippen LogP contribution in [-0.2, 0) is 17.9 Å². The summed E-state index contributed by atoms with van der Waals surface area (Å²) in [6.45, 7) is 1.55. The Morgan fingerprint density at radius 1 is 1.25 bits per heavy atom. The van der Waals surface area contributed by atoms with E-state index in [9.17, 15) is 19.4 Å². The molecule has 150 valence electrons. The van der Waals surface area contributed by atoms with Crippen LogP contribution in [0.15, 0.2) is 42.5 Å². The number of methoxy groups -OCH3 is 1. The first-order valence-electron chi connectivity index (χ1n) is 9.14. The molecule has 2 aromatic carbocycles. The van der Waals surface area contributed by atoms with Crippen LogP contribution in [0.3, 0.4) is 0 Å². The highest BCUT2D eigenvalue weighted by Gasteiger charge is 2.33. The Hall–Kier alpha value is -2.64. The lowest BCUT2D eigenvalue weighted by Crippen LogP contribution is -2.46. The number of carbonyl (C=O) groups is 1. The highest BCUT2D eigenvalue weighted by molar-refractivity contribution is 5.71. The molecule has 0 amide bonds. The van der Waals surface area contributed by atoms with Gasteiger partial charge in [0.05, 0.1) is 19.1 Å². The van der Waals surface area contributed by atoms with Crippen LogP contribution in [0, 0.1) is 11.7 Å². The second kappa shape index (κ2) is 9.03. The molecule has 2 aromatic rings. The molecule has 2 atom stereocenters. The Bertz CT molecular complexity index is 828. The van der Waals surface area contributed by atoms with Crippen molar-refractivity contribution in [3.63, 3.8) is 0 Å². The van der Waals surface area contributed by atoms with Crippen LogP contribution in [-0.4, -0.2) is 47.4 Å². The number of hydrogen-bond acceptors (Lipinski definition) is 5. The van der Waals surface area contributed by atoms with Crippen molar-refractivity contribution in [2.24, 2.45) is 5.92 Å². The summed E-state index contributed by atoms with van der Waals surface area (Å²) in [4.78, 5) is 13.3. The zero-order chi connectivity index (χ0) is 20.1. The fourth-order valence-corrected chi connectivity index (χ4v) is 3.35. The maximum atomic E-state index is 13.7. The highest BCUT2D eigenvalue weighted by Crippen LogP contribution is 2.30. The van der Waals surface area contributed by atoms with Crippen molar-refractivity contribution >= 4 is 5.97 Å². The number of hydrogen-bond donors (Lipinski definition) is 2. The van der Waals surface area contributed by atoms with E-state index in [1.54, 1.807) is 24.3 Å². The molecule has 28 heavy (non-hydrogen) atoms. The maximum Gasteiger partial charge on any atom is 0.310 e. The third kappa shape index (κ3) is 4.79. The summed E-state index contributed by atoms with van der Waals surface area (Å²) < 4.78 is 24.9. The minimum absolute atomic E-state index is 0.0900. The maximum absolute atomic E-state index is 13.7. The fraction of sp³-hybridized carbons (Fsp3) is 0.381. The van der Waals surface area contributed by atoms with Gasteiger partial charge in [-0.15, -0.1) is 0 Å². The standard InChI is InChI=1S/C21H24FNO5/c1-27-20-10-14(11-23-9-8-18(24)16(12-23)21(25)26)6-7-19(20)28-13-15-4-2-3-5-17(15)22/h2-7,10,16,18,24H,8-9,11-13H2,1H3,(H,25,26)/t16-,18-/m0/s1. The van der Waals surface area contributed by atoms with Crippen LogP contribution < -0.4 is 9.47 Å². The number of carboxylic acid groups (broad SMARTS) is 1. The minimum atomic E-state index is -0.980. The summed E-state index contributed by atoms with van der Waals surface area (Å²) in [5.74, 6) is -1.04. The number of halogens is 1. The molecular weight excluding hydrogens is 365 g/mol. The molecular formula is C21H24FNO5. The average Bonchev–Trinajstić information content (AvgIpc) is 2.69. The van der Waals surface area contributed by atoms with Crippen LogP contribution in [0.1, 0.15) is 17.5 Å². The van der Waals surface area contributed by atoms with E-state index in [1.807, 2.05) is 17.0 Å². The number of piperidine rings is 1. The molecule has 0 aromatic heterocycles. The number of aliphatic carboxylic acids is 1. The largest absolute Gasteiger partial charge is 0.493 e. The van der Waals surface area contributed by atoms with E-state index in [1.165, 1.54) is 13.2 Å². The lowest BCUT2D eigenvalue weighted by atomic mass is 9.94. The first-order valence-corrected chi connectivity index (χ1v) is 9.14. The smallest absolute Gasteiger partial charge is 0.310 e. The first kappa shape index (κ1) is 20.1. The van der Waals surface area contributed by atoms with E-state index in [4.69, 9.17) is 9.47 Å². The summed E-state index contributed by atoms with van der Waals surface area (Å²) in [6.07, 6.45) is -0.379. The van der Waals surface area contributed by atoms with Gasteiger partial charge in [-0.25, -0.2) is 4.39 Å². The molecule has 0 aliphatic carbocycles. The quantitative estimate of drug-likeness (QED) is 0.758. The molecule has 0 spiro atoms. The topological polar surface area (TPSA) is 79.2 Å². The van der Waals surface area contributed by atoms with Crippen molar-refractivity contribution in [3.05, 3.63) is 59.4 Å². The van der Waals surface area contributed by atoms with E-state index < -0.39 is 18.0 Å². The van der Waals surface area contributed by atoms with Gasteiger partial charge in [0, 0.05) is 25.2 Å². The predicted molar refractivity (Wildman–Crippen MR) is 101 cm³/mol. The molecule has 0 radical (unpaired) electrons. The number of carboxylic acids is 1. The Balaban J connectivity index is 1.66. The summed E-state index contributed by atoms with van der Waals surface area (Å²) in [5.41, 5.74) is 1.40. The van der Waals surface area contributed by atoms with Crippen molar-refractivity contribution in [2.75, 3.05) is 20.2 Å². The molecule has 0 bridgehead atoms. The van der Waals surface area contributed by atoms with Crippen molar-refractivity contribution in [1.29, 1.82) is 0 Å². The van der Waals surface area contributed by atoms with Gasteiger partial charge in [0.15, 0.2) is 11.5 Å². The number of nitrogens with zero attached hydrogens (tertiary/aromatic N) is 1. The zero-order valence-electron chi connectivity index (χ0n) is 15.7. The average molecular weight is 389 g/mol. The molecule has 7 heteroatoms. The summed E-state index contributed by atoms with van der Waals surface area (Å²) in [5, 5.41) is 19.1. The van der Waals surface area contributed by atoms with E-state index in [0.717, 1.165) is 5.56 Å². The number of benzene rings is 2. The van der Waals surface area contributed by atoms with Gasteiger partial charge in [-0.1, -0.05) is 24.3 Å². The van der Waals surface area contributed by atoms with Gasteiger partial charge in [-0.3, -0.25) is 9.69 Å². The monoisotopic (exact) mass is 389 g/mol. The second-order valence-corrected chi connectivity index (χ2v) is 6.90. The van der Waals surface area contributed by atoms with Gasteiger partial charge in [0.25, 0.3) is 0 Å². The van der Waals surface area contributed by atoms with Gasteiger partial charge in [0.2, 0.25) is 0 Å². The first-order chi connectivity index (χ1) is 13.5. The Morgan fingerprint density at radius 3 is 2.75 bits per heavy atom. The molecule has 1 aliphatic rings. The van der Waals surface area contributed by atoms with Crippen LogP contribution in [0.5, 0.6) is 11.5 Å². The van der Waals surface area contributed by atoms with Gasteiger partial charge >= 0.3 is 5.97 Å². The molecule has 1 fully saturated rings. The molecule has 2 N–H and O–H groups in total. The fourth-order valence-electron chi connectivity index (χ4n) is 3.35. The second-order valence-electron chi connectivity index (χ2n) is 6.90. The zero-order valence-corrected chi connectivity index (χ0v) is 15.7. The molecule has 1 saturated heterocycles. The van der Waals surface area contributed by atoms with Gasteiger partial charge in [-0.2, -0.15) is 0 Å².